The van der Waals surface area contributed by atoms with Crippen LogP contribution < -0.4 is 0 Å². The molecule has 96 valence electrons. The van der Waals surface area contributed by atoms with Crippen molar-refractivity contribution in [2.75, 3.05) is 19.7 Å². The van der Waals surface area contributed by atoms with Crippen LogP contribution in [0.4, 0.5) is 0 Å². The highest BCUT2D eigenvalue weighted by atomic mass is 32.1. The van der Waals surface area contributed by atoms with Crippen molar-refractivity contribution in [2.45, 2.75) is 25.7 Å². The van der Waals surface area contributed by atoms with Gasteiger partial charge in [-0.3, -0.25) is 4.79 Å². The standard InChI is InChI=1S/C14H17NO2S/c16-11-5-2-6-12-7-8-13(18-12)14(17)15-9-3-1-4-10-15/h7-8,16H,1,3-5,9-11H2. The third-order valence-electron chi connectivity index (χ3n) is 2.91. The van der Waals surface area contributed by atoms with Crippen molar-refractivity contribution >= 4 is 17.2 Å². The van der Waals surface area contributed by atoms with E-state index in [-0.39, 0.29) is 12.5 Å². The molecular formula is C14H17NO2S. The molecule has 2 rings (SSSR count). The minimum atomic E-state index is 0.0813. The first kappa shape index (κ1) is 13.1. The van der Waals surface area contributed by atoms with Crippen molar-refractivity contribution in [2.24, 2.45) is 0 Å². The molecule has 1 fully saturated rings. The maximum absolute atomic E-state index is 12.2. The van der Waals surface area contributed by atoms with Crippen molar-refractivity contribution in [3.63, 3.8) is 0 Å². The van der Waals surface area contributed by atoms with Gasteiger partial charge < -0.3 is 10.0 Å². The summed E-state index contributed by atoms with van der Waals surface area (Å²) in [7, 11) is 0. The molecular weight excluding hydrogens is 246 g/mol. The average molecular weight is 263 g/mol. The van der Waals surface area contributed by atoms with E-state index in [4.69, 9.17) is 5.11 Å². The summed E-state index contributed by atoms with van der Waals surface area (Å²) in [5, 5.41) is 8.65. The van der Waals surface area contributed by atoms with Gasteiger partial charge in [0, 0.05) is 19.5 Å². The fourth-order valence-corrected chi connectivity index (χ4v) is 2.83. The van der Waals surface area contributed by atoms with Gasteiger partial charge in [-0.25, -0.2) is 0 Å². The van der Waals surface area contributed by atoms with Crippen LogP contribution in [0.2, 0.25) is 0 Å². The molecule has 1 N–H and O–H groups in total. The van der Waals surface area contributed by atoms with Crippen LogP contribution in [-0.4, -0.2) is 35.6 Å². The van der Waals surface area contributed by atoms with Crippen molar-refractivity contribution in [1.82, 2.24) is 4.90 Å². The van der Waals surface area contributed by atoms with Crippen LogP contribution in [0.5, 0.6) is 0 Å². The van der Waals surface area contributed by atoms with Gasteiger partial charge in [0.1, 0.15) is 0 Å². The normalized spacial score (nSPS) is 15.1. The zero-order chi connectivity index (χ0) is 12.8. The van der Waals surface area contributed by atoms with E-state index in [1.54, 1.807) is 0 Å². The Kier molecular flexibility index (Phi) is 4.80. The zero-order valence-corrected chi connectivity index (χ0v) is 11.1. The van der Waals surface area contributed by atoms with E-state index in [0.717, 1.165) is 35.7 Å². The molecule has 0 spiro atoms. The van der Waals surface area contributed by atoms with Gasteiger partial charge in [-0.1, -0.05) is 11.8 Å². The van der Waals surface area contributed by atoms with E-state index >= 15 is 0 Å². The van der Waals surface area contributed by atoms with Gasteiger partial charge in [-0.05, 0) is 31.4 Å². The Labute approximate surface area is 111 Å². The number of nitrogens with zero attached hydrogens (tertiary/aromatic N) is 1. The van der Waals surface area contributed by atoms with Gasteiger partial charge in [-0.2, -0.15) is 0 Å². The summed E-state index contributed by atoms with van der Waals surface area (Å²) in [6.07, 6.45) is 3.93. The Morgan fingerprint density at radius 3 is 2.83 bits per heavy atom. The number of aliphatic hydroxyl groups is 1. The van der Waals surface area contributed by atoms with E-state index in [0.29, 0.717) is 6.42 Å². The lowest BCUT2D eigenvalue weighted by molar-refractivity contribution is 0.0729. The van der Waals surface area contributed by atoms with Crippen LogP contribution >= 0.6 is 11.3 Å². The maximum atomic E-state index is 12.2. The van der Waals surface area contributed by atoms with E-state index in [1.165, 1.54) is 17.8 Å². The van der Waals surface area contributed by atoms with E-state index < -0.39 is 0 Å². The van der Waals surface area contributed by atoms with Crippen LogP contribution in [0.3, 0.4) is 0 Å². The van der Waals surface area contributed by atoms with Crippen molar-refractivity contribution in [1.29, 1.82) is 0 Å². The van der Waals surface area contributed by atoms with Crippen LogP contribution in [0.25, 0.3) is 0 Å². The number of hydrogen-bond acceptors (Lipinski definition) is 3. The smallest absolute Gasteiger partial charge is 0.263 e. The van der Waals surface area contributed by atoms with Crippen LogP contribution in [0.15, 0.2) is 12.1 Å². The Balaban J connectivity index is 2.01. The second-order valence-corrected chi connectivity index (χ2v) is 5.38. The number of carbonyl (C=O) groups excluding carboxylic acids is 1. The molecule has 1 aromatic heterocycles. The van der Waals surface area contributed by atoms with E-state index in [1.807, 2.05) is 17.0 Å². The zero-order valence-electron chi connectivity index (χ0n) is 10.3. The lowest BCUT2D eigenvalue weighted by Crippen LogP contribution is -2.35. The van der Waals surface area contributed by atoms with Crippen molar-refractivity contribution < 1.29 is 9.90 Å². The minimum absolute atomic E-state index is 0.0813. The minimum Gasteiger partial charge on any atom is -0.395 e. The molecule has 1 aliphatic heterocycles. The second kappa shape index (κ2) is 6.58. The summed E-state index contributed by atoms with van der Waals surface area (Å²) in [6.45, 7) is 1.84. The number of rotatable bonds is 2. The van der Waals surface area contributed by atoms with E-state index in [9.17, 15) is 4.79 Å². The Morgan fingerprint density at radius 2 is 2.11 bits per heavy atom. The van der Waals surface area contributed by atoms with Gasteiger partial charge in [-0.15, -0.1) is 11.3 Å². The summed E-state index contributed by atoms with van der Waals surface area (Å²) in [6, 6.07) is 3.73. The van der Waals surface area contributed by atoms with Crippen LogP contribution in [0, 0.1) is 11.8 Å². The number of thiophene rings is 1. The molecule has 0 saturated carbocycles. The van der Waals surface area contributed by atoms with Crippen LogP contribution in [0.1, 0.15) is 40.2 Å². The highest BCUT2D eigenvalue weighted by Crippen LogP contribution is 2.19. The van der Waals surface area contributed by atoms with Gasteiger partial charge in [0.25, 0.3) is 5.91 Å². The number of hydrogen-bond donors (Lipinski definition) is 1. The molecule has 3 nitrogen and oxygen atoms in total. The molecule has 0 aliphatic carbocycles. The number of piperidine rings is 1. The molecule has 0 atom stereocenters. The first-order valence-electron chi connectivity index (χ1n) is 6.30. The molecule has 0 aromatic carbocycles. The molecule has 4 heteroatoms. The molecule has 2 heterocycles. The lowest BCUT2D eigenvalue weighted by Gasteiger charge is -2.26. The van der Waals surface area contributed by atoms with E-state index in [2.05, 4.69) is 11.8 Å². The van der Waals surface area contributed by atoms with Gasteiger partial charge >= 0.3 is 0 Å². The molecule has 1 amide bonds. The Morgan fingerprint density at radius 1 is 1.33 bits per heavy atom. The summed E-state index contributed by atoms with van der Waals surface area (Å²) >= 11 is 1.44. The Hall–Kier alpha value is -1.31. The second-order valence-electron chi connectivity index (χ2n) is 4.29. The fraction of sp³-hybridized carbons (Fsp3) is 0.500. The molecule has 1 saturated heterocycles. The van der Waals surface area contributed by atoms with Crippen molar-refractivity contribution in [3.05, 3.63) is 21.9 Å². The topological polar surface area (TPSA) is 40.5 Å². The Bertz CT molecular complexity index is 464. The molecule has 0 unspecified atom stereocenters. The highest BCUT2D eigenvalue weighted by molar-refractivity contribution is 7.14. The summed E-state index contributed by atoms with van der Waals surface area (Å²) in [4.78, 5) is 15.8. The maximum Gasteiger partial charge on any atom is 0.263 e. The quantitative estimate of drug-likeness (QED) is 0.830. The number of likely N-dealkylation sites (tertiary alicyclic amines) is 1. The average Bonchev–Trinajstić information content (AvgIpc) is 2.88. The van der Waals surface area contributed by atoms with Crippen LogP contribution in [-0.2, 0) is 0 Å². The first-order valence-corrected chi connectivity index (χ1v) is 7.12. The monoisotopic (exact) mass is 263 g/mol. The summed E-state index contributed by atoms with van der Waals surface area (Å²) in [5.74, 6) is 5.96. The lowest BCUT2D eigenvalue weighted by atomic mass is 10.1. The van der Waals surface area contributed by atoms with Gasteiger partial charge in [0.05, 0.1) is 16.4 Å². The largest absolute Gasteiger partial charge is 0.395 e. The molecule has 0 bridgehead atoms. The predicted molar refractivity (Wildman–Crippen MR) is 72.7 cm³/mol. The number of aliphatic hydroxyl groups excluding tert-OH is 1. The molecule has 0 radical (unpaired) electrons. The molecule has 18 heavy (non-hydrogen) atoms. The molecule has 1 aliphatic rings. The number of carbonyl (C=O) groups is 1. The fourth-order valence-electron chi connectivity index (χ4n) is 1.98. The highest BCUT2D eigenvalue weighted by Gasteiger charge is 2.19. The summed E-state index contributed by atoms with van der Waals surface area (Å²) in [5.41, 5.74) is 0. The number of amides is 1. The van der Waals surface area contributed by atoms with Gasteiger partial charge in [0.2, 0.25) is 0 Å². The third-order valence-corrected chi connectivity index (χ3v) is 3.90. The van der Waals surface area contributed by atoms with Gasteiger partial charge in [0.15, 0.2) is 0 Å². The third kappa shape index (κ3) is 3.34. The predicted octanol–water partition coefficient (Wildman–Crippen LogP) is 2.11. The SMILES string of the molecule is O=C(c1ccc(C#CCCO)s1)N1CCCCC1. The molecule has 1 aromatic rings. The first-order chi connectivity index (χ1) is 8.81. The summed E-state index contributed by atoms with van der Waals surface area (Å²) < 4.78 is 0. The van der Waals surface area contributed by atoms with Crippen molar-refractivity contribution in [3.8, 4) is 11.8 Å².